The van der Waals surface area contributed by atoms with Gasteiger partial charge in [0.05, 0.1) is 0 Å². The van der Waals surface area contributed by atoms with Crippen LogP contribution in [0.25, 0.3) is 0 Å². The zero-order valence-electron chi connectivity index (χ0n) is 13.7. The second kappa shape index (κ2) is 8.12. The molecule has 0 saturated heterocycles. The van der Waals surface area contributed by atoms with Crippen LogP contribution >= 0.6 is 11.6 Å². The second-order valence-corrected chi connectivity index (χ2v) is 6.68. The number of carbonyl (C=O) groups is 2. The lowest BCUT2D eigenvalue weighted by atomic mass is 9.85. The molecule has 0 unspecified atom stereocenters. The van der Waals surface area contributed by atoms with Crippen LogP contribution in [0.1, 0.15) is 36.2 Å². The van der Waals surface area contributed by atoms with Crippen LogP contribution in [0.2, 0.25) is 5.02 Å². The van der Waals surface area contributed by atoms with E-state index >= 15 is 0 Å². The first-order valence-corrected chi connectivity index (χ1v) is 8.78. The van der Waals surface area contributed by atoms with Crippen molar-refractivity contribution < 1.29 is 9.59 Å². The van der Waals surface area contributed by atoms with Crippen LogP contribution in [0.4, 0.5) is 5.69 Å². The molecule has 0 spiro atoms. The number of anilines is 1. The standard InChI is InChI=1S/C19H20ClN3O2/c20-14-6-4-8-16(12-14)22-18(24)13-5-3-7-15(11-13)23-19(25)17-9-1-2-10-21-17/h1-2,4,6,8-10,12-13,15H,3,5,7,11H2,(H,22,24)(H,23,25)/t13-,15-/m0/s1. The number of hydrogen-bond donors (Lipinski definition) is 2. The van der Waals surface area contributed by atoms with E-state index in [1.165, 1.54) is 0 Å². The molecule has 1 aromatic heterocycles. The Morgan fingerprint density at radius 2 is 2.00 bits per heavy atom. The predicted molar refractivity (Wildman–Crippen MR) is 97.5 cm³/mol. The number of pyridine rings is 1. The zero-order valence-corrected chi connectivity index (χ0v) is 14.5. The van der Waals surface area contributed by atoms with Gasteiger partial charge < -0.3 is 10.6 Å². The van der Waals surface area contributed by atoms with Crippen LogP contribution < -0.4 is 10.6 Å². The van der Waals surface area contributed by atoms with E-state index in [0.29, 0.717) is 22.8 Å². The molecule has 0 aliphatic heterocycles. The van der Waals surface area contributed by atoms with Crippen LogP contribution in [-0.4, -0.2) is 22.8 Å². The van der Waals surface area contributed by atoms with Gasteiger partial charge in [0.1, 0.15) is 5.69 Å². The summed E-state index contributed by atoms with van der Waals surface area (Å²) in [6.45, 7) is 0. The van der Waals surface area contributed by atoms with Gasteiger partial charge in [-0.1, -0.05) is 30.2 Å². The third kappa shape index (κ3) is 4.79. The third-order valence-electron chi connectivity index (χ3n) is 4.37. The molecular formula is C19H20ClN3O2. The lowest BCUT2D eigenvalue weighted by Crippen LogP contribution is -2.41. The second-order valence-electron chi connectivity index (χ2n) is 6.25. The summed E-state index contributed by atoms with van der Waals surface area (Å²) in [5, 5.41) is 6.49. The third-order valence-corrected chi connectivity index (χ3v) is 4.61. The molecule has 6 heteroatoms. The molecule has 1 aliphatic rings. The minimum absolute atomic E-state index is 0.0154. The summed E-state index contributed by atoms with van der Waals surface area (Å²) in [5.41, 5.74) is 1.09. The molecule has 25 heavy (non-hydrogen) atoms. The molecule has 1 aromatic carbocycles. The summed E-state index contributed by atoms with van der Waals surface area (Å²) in [5.74, 6) is -0.345. The van der Waals surface area contributed by atoms with Gasteiger partial charge in [0.25, 0.3) is 5.91 Å². The Bertz CT molecular complexity index is 751. The summed E-state index contributed by atoms with van der Waals surface area (Å²) in [6, 6.07) is 12.3. The maximum atomic E-state index is 12.5. The van der Waals surface area contributed by atoms with Gasteiger partial charge in [0, 0.05) is 28.9 Å². The topological polar surface area (TPSA) is 71.1 Å². The fourth-order valence-electron chi connectivity index (χ4n) is 3.13. The molecule has 1 aliphatic carbocycles. The fraction of sp³-hybridized carbons (Fsp3) is 0.316. The van der Waals surface area contributed by atoms with Crippen molar-refractivity contribution in [2.45, 2.75) is 31.7 Å². The van der Waals surface area contributed by atoms with Gasteiger partial charge in [-0.15, -0.1) is 0 Å². The molecule has 2 amide bonds. The number of carbonyl (C=O) groups excluding carboxylic acids is 2. The quantitative estimate of drug-likeness (QED) is 0.877. The number of rotatable bonds is 4. The normalized spacial score (nSPS) is 19.9. The molecule has 2 aromatic rings. The Morgan fingerprint density at radius 3 is 2.76 bits per heavy atom. The minimum atomic E-state index is -0.193. The average molecular weight is 358 g/mol. The Balaban J connectivity index is 1.57. The maximum Gasteiger partial charge on any atom is 0.270 e. The lowest BCUT2D eigenvalue weighted by molar-refractivity contribution is -0.121. The van der Waals surface area contributed by atoms with E-state index in [1.807, 2.05) is 6.07 Å². The smallest absolute Gasteiger partial charge is 0.270 e. The molecule has 130 valence electrons. The van der Waals surface area contributed by atoms with Crippen molar-refractivity contribution >= 4 is 29.1 Å². The maximum absolute atomic E-state index is 12.5. The first-order chi connectivity index (χ1) is 12.1. The van der Waals surface area contributed by atoms with Gasteiger partial charge >= 0.3 is 0 Å². The summed E-state index contributed by atoms with van der Waals surface area (Å²) in [7, 11) is 0. The molecule has 1 saturated carbocycles. The van der Waals surface area contributed by atoms with Gasteiger partial charge in [-0.2, -0.15) is 0 Å². The van der Waals surface area contributed by atoms with Crippen LogP contribution in [-0.2, 0) is 4.79 Å². The summed E-state index contributed by atoms with van der Waals surface area (Å²) in [6.07, 6.45) is 4.82. The highest BCUT2D eigenvalue weighted by atomic mass is 35.5. The van der Waals surface area contributed by atoms with E-state index in [4.69, 9.17) is 11.6 Å². The first-order valence-electron chi connectivity index (χ1n) is 8.40. The number of benzene rings is 1. The van der Waals surface area contributed by atoms with Crippen molar-refractivity contribution in [1.29, 1.82) is 0 Å². The monoisotopic (exact) mass is 357 g/mol. The molecule has 5 nitrogen and oxygen atoms in total. The van der Waals surface area contributed by atoms with Crippen LogP contribution in [0.15, 0.2) is 48.7 Å². The van der Waals surface area contributed by atoms with Gasteiger partial charge in [-0.3, -0.25) is 14.6 Å². The summed E-state index contributed by atoms with van der Waals surface area (Å²) in [4.78, 5) is 28.8. The number of amides is 2. The number of hydrogen-bond acceptors (Lipinski definition) is 3. The number of nitrogens with zero attached hydrogens (tertiary/aromatic N) is 1. The van der Waals surface area contributed by atoms with E-state index in [0.717, 1.165) is 19.3 Å². The molecular weight excluding hydrogens is 338 g/mol. The highest BCUT2D eigenvalue weighted by Crippen LogP contribution is 2.26. The molecule has 2 N–H and O–H groups in total. The van der Waals surface area contributed by atoms with E-state index in [-0.39, 0.29) is 23.8 Å². The highest BCUT2D eigenvalue weighted by molar-refractivity contribution is 6.30. The Hall–Kier alpha value is -2.40. The van der Waals surface area contributed by atoms with E-state index in [1.54, 1.807) is 42.6 Å². The van der Waals surface area contributed by atoms with Crippen molar-refractivity contribution in [2.24, 2.45) is 5.92 Å². The fourth-order valence-corrected chi connectivity index (χ4v) is 3.32. The zero-order chi connectivity index (χ0) is 17.6. The minimum Gasteiger partial charge on any atom is -0.348 e. The van der Waals surface area contributed by atoms with Crippen molar-refractivity contribution in [1.82, 2.24) is 10.3 Å². The van der Waals surface area contributed by atoms with Gasteiger partial charge in [0.2, 0.25) is 5.91 Å². The predicted octanol–water partition coefficient (Wildman–Crippen LogP) is 3.66. The van der Waals surface area contributed by atoms with Gasteiger partial charge in [-0.25, -0.2) is 0 Å². The molecule has 2 atom stereocenters. The largest absolute Gasteiger partial charge is 0.348 e. The molecule has 1 fully saturated rings. The Labute approximate surface area is 151 Å². The Kier molecular flexibility index (Phi) is 5.66. The lowest BCUT2D eigenvalue weighted by Gasteiger charge is -2.29. The van der Waals surface area contributed by atoms with E-state index in [9.17, 15) is 9.59 Å². The molecule has 0 bridgehead atoms. The van der Waals surface area contributed by atoms with Gasteiger partial charge in [0.15, 0.2) is 0 Å². The van der Waals surface area contributed by atoms with Crippen molar-refractivity contribution in [2.75, 3.05) is 5.32 Å². The number of aromatic nitrogens is 1. The van der Waals surface area contributed by atoms with Crippen molar-refractivity contribution in [3.8, 4) is 0 Å². The summed E-state index contributed by atoms with van der Waals surface area (Å²) >= 11 is 5.95. The van der Waals surface area contributed by atoms with Crippen LogP contribution in [0.5, 0.6) is 0 Å². The average Bonchev–Trinajstić information content (AvgIpc) is 2.62. The SMILES string of the molecule is O=C(N[C@H]1CCC[C@H](C(=O)Nc2cccc(Cl)c2)C1)c1ccccn1. The van der Waals surface area contributed by atoms with Crippen LogP contribution in [0.3, 0.4) is 0 Å². The number of nitrogens with one attached hydrogen (secondary N) is 2. The van der Waals surface area contributed by atoms with Crippen molar-refractivity contribution in [3.05, 3.63) is 59.4 Å². The first kappa shape index (κ1) is 17.4. The van der Waals surface area contributed by atoms with E-state index in [2.05, 4.69) is 15.6 Å². The van der Waals surface area contributed by atoms with Gasteiger partial charge in [-0.05, 0) is 49.6 Å². The molecule has 1 heterocycles. The van der Waals surface area contributed by atoms with E-state index < -0.39 is 0 Å². The number of halogens is 1. The highest BCUT2D eigenvalue weighted by Gasteiger charge is 2.28. The van der Waals surface area contributed by atoms with Crippen molar-refractivity contribution in [3.63, 3.8) is 0 Å². The molecule has 0 radical (unpaired) electrons. The molecule has 3 rings (SSSR count). The summed E-state index contributed by atoms with van der Waals surface area (Å²) < 4.78 is 0. The Morgan fingerprint density at radius 1 is 1.12 bits per heavy atom. The van der Waals surface area contributed by atoms with Crippen LogP contribution in [0, 0.1) is 5.92 Å².